The third kappa shape index (κ3) is 4.41. The highest BCUT2D eigenvalue weighted by atomic mass is 15.3. The van der Waals surface area contributed by atoms with Gasteiger partial charge < -0.3 is 18.6 Å². The lowest BCUT2D eigenvalue weighted by molar-refractivity contribution is 0.737. The van der Waals surface area contributed by atoms with E-state index in [4.69, 9.17) is 0 Å². The van der Waals surface area contributed by atoms with Crippen molar-refractivity contribution in [2.45, 2.75) is 12.0 Å². The van der Waals surface area contributed by atoms with E-state index in [1.165, 1.54) is 122 Å². The summed E-state index contributed by atoms with van der Waals surface area (Å²) in [5.74, 6) is 0.143. The van der Waals surface area contributed by atoms with Gasteiger partial charge in [-0.25, -0.2) is 0 Å². The van der Waals surface area contributed by atoms with Gasteiger partial charge in [0.15, 0.2) is 0 Å². The van der Waals surface area contributed by atoms with Crippen molar-refractivity contribution in [2.75, 3.05) is 4.90 Å². The maximum absolute atomic E-state index is 2.67. The zero-order valence-electron chi connectivity index (χ0n) is 34.7. The van der Waals surface area contributed by atoms with E-state index >= 15 is 0 Å². The van der Waals surface area contributed by atoms with E-state index in [-0.39, 0.29) is 12.0 Å². The maximum Gasteiger partial charge on any atom is 0.0857 e. The molecule has 0 N–H and O–H groups in total. The molecule has 4 heteroatoms. The Balaban J connectivity index is 0.957. The lowest BCUT2D eigenvalue weighted by Gasteiger charge is -2.40. The van der Waals surface area contributed by atoms with Crippen LogP contribution in [0.15, 0.2) is 218 Å². The van der Waals surface area contributed by atoms with E-state index in [0.29, 0.717) is 0 Å². The first-order chi connectivity index (χ1) is 31.8. The van der Waals surface area contributed by atoms with Crippen LogP contribution in [0.25, 0.3) is 99.2 Å². The van der Waals surface area contributed by atoms with E-state index in [9.17, 15) is 0 Å². The van der Waals surface area contributed by atoms with Gasteiger partial charge in [0.25, 0.3) is 0 Å². The van der Waals surface area contributed by atoms with Gasteiger partial charge in [-0.1, -0.05) is 133 Å². The van der Waals surface area contributed by atoms with Gasteiger partial charge in [-0.15, -0.1) is 0 Å². The van der Waals surface area contributed by atoms with Crippen LogP contribution in [-0.2, 0) is 0 Å². The highest BCUT2D eigenvalue weighted by molar-refractivity contribution is 6.23. The van der Waals surface area contributed by atoms with Gasteiger partial charge in [-0.2, -0.15) is 0 Å². The number of allylic oxidation sites excluding steroid dienone is 2. The molecule has 15 rings (SSSR count). The largest absolute Gasteiger partial charge is 0.329 e. The summed E-state index contributed by atoms with van der Waals surface area (Å²) in [6.45, 7) is 0. The SMILES string of the molecule is C1=C(c2ccc3c(c2)c2ccccc2n3-c2ccccc2)C2c3ccccc3N3c4ccc(-c5ccc6c(c5)c5ccccc5n6-c5ccccc5)c5c6ccccc6n(c45)C(=C1)C23. The number of benzene rings is 9. The van der Waals surface area contributed by atoms with Crippen LogP contribution in [0, 0.1) is 0 Å². The van der Waals surface area contributed by atoms with Gasteiger partial charge in [-0.05, 0) is 113 Å². The molecule has 9 aromatic carbocycles. The number of rotatable bonds is 4. The van der Waals surface area contributed by atoms with Crippen molar-refractivity contribution < 1.29 is 0 Å². The third-order valence-electron chi connectivity index (χ3n) is 14.5. The number of anilines is 2. The van der Waals surface area contributed by atoms with Crippen molar-refractivity contribution in [1.82, 2.24) is 13.7 Å². The second kappa shape index (κ2) is 12.6. The molecule has 0 saturated carbocycles. The fourth-order valence-electron chi connectivity index (χ4n) is 12.0. The number of aromatic nitrogens is 3. The van der Waals surface area contributed by atoms with E-state index < -0.39 is 0 Å². The van der Waals surface area contributed by atoms with Crippen LogP contribution in [0.5, 0.6) is 0 Å². The molecule has 12 aromatic rings. The first-order valence-corrected chi connectivity index (χ1v) is 22.3. The summed E-state index contributed by atoms with van der Waals surface area (Å²) in [7, 11) is 0. The minimum atomic E-state index is 0.0941. The monoisotopic (exact) mass is 814 g/mol. The second-order valence-corrected chi connectivity index (χ2v) is 17.6. The van der Waals surface area contributed by atoms with Crippen molar-refractivity contribution in [3.8, 4) is 22.5 Å². The maximum atomic E-state index is 2.67. The molecule has 3 aromatic heterocycles. The molecular weight excluding hydrogens is 777 g/mol. The molecular formula is C60H38N4. The van der Waals surface area contributed by atoms with Gasteiger partial charge in [0.05, 0.1) is 44.8 Å². The zero-order valence-corrected chi connectivity index (χ0v) is 34.7. The first-order valence-electron chi connectivity index (χ1n) is 22.3. The van der Waals surface area contributed by atoms with Crippen LogP contribution in [0.4, 0.5) is 11.4 Å². The highest BCUT2D eigenvalue weighted by Crippen LogP contribution is 2.60. The van der Waals surface area contributed by atoms with E-state index in [0.717, 1.165) is 0 Å². The number of para-hydroxylation sites is 6. The molecule has 2 unspecified atom stereocenters. The summed E-state index contributed by atoms with van der Waals surface area (Å²) in [6.07, 6.45) is 4.86. The van der Waals surface area contributed by atoms with Crippen molar-refractivity contribution in [3.05, 3.63) is 230 Å². The summed E-state index contributed by atoms with van der Waals surface area (Å²) >= 11 is 0. The summed E-state index contributed by atoms with van der Waals surface area (Å²) in [6, 6.07) is 76.5. The molecule has 2 aliphatic heterocycles. The Hall–Kier alpha value is -8.34. The molecule has 0 amide bonds. The number of nitrogens with zero attached hydrogens (tertiary/aromatic N) is 4. The Morgan fingerprint density at radius 2 is 0.891 bits per heavy atom. The standard InChI is InChI=1S/C60H38N4/c1-3-15-39(16-4-1)61-49-23-11-7-19-43(49)47-35-37(27-31-53(47)61)41-29-33-55-59-57(41)45-21-9-13-25-51(45)63(59)56-34-30-42(58-46-22-10-14-26-52(46)64(55)60(56)58)38-28-32-54-48(36-38)44-20-8-12-24-50(44)62(54)40-17-5-2-6-18-40/h1-36,57,59H. The lowest BCUT2D eigenvalue weighted by Crippen LogP contribution is -2.38. The summed E-state index contributed by atoms with van der Waals surface area (Å²) in [5.41, 5.74) is 20.1. The van der Waals surface area contributed by atoms with E-state index in [1.54, 1.807) is 0 Å². The van der Waals surface area contributed by atoms with Crippen molar-refractivity contribution in [2.24, 2.45) is 0 Å². The minimum absolute atomic E-state index is 0.0941. The molecule has 2 atom stereocenters. The molecule has 1 aliphatic carbocycles. The van der Waals surface area contributed by atoms with Crippen LogP contribution in [0.2, 0.25) is 0 Å². The normalized spacial score (nSPS) is 16.3. The van der Waals surface area contributed by atoms with Gasteiger partial charge in [0, 0.05) is 61.0 Å². The Bertz CT molecular complexity index is 4030. The molecule has 3 aliphatic rings. The van der Waals surface area contributed by atoms with Gasteiger partial charge >= 0.3 is 0 Å². The molecule has 0 bridgehead atoms. The minimum Gasteiger partial charge on any atom is -0.329 e. The van der Waals surface area contributed by atoms with Crippen LogP contribution >= 0.6 is 0 Å². The summed E-state index contributed by atoms with van der Waals surface area (Å²) in [4.78, 5) is 2.67. The number of hydrogen-bond acceptors (Lipinski definition) is 1. The molecule has 0 spiro atoms. The summed E-state index contributed by atoms with van der Waals surface area (Å²) < 4.78 is 7.41. The molecule has 0 fully saturated rings. The molecule has 298 valence electrons. The molecule has 4 nitrogen and oxygen atoms in total. The molecule has 0 saturated heterocycles. The average Bonchev–Trinajstić information content (AvgIpc) is 4.10. The Morgan fingerprint density at radius 3 is 1.56 bits per heavy atom. The lowest BCUT2D eigenvalue weighted by atomic mass is 9.78. The summed E-state index contributed by atoms with van der Waals surface area (Å²) in [5, 5.41) is 7.65. The number of fused-ring (bicyclic) bond motifs is 14. The molecule has 0 radical (unpaired) electrons. The van der Waals surface area contributed by atoms with Gasteiger partial charge in [-0.3, -0.25) is 0 Å². The topological polar surface area (TPSA) is 18.0 Å². The second-order valence-electron chi connectivity index (χ2n) is 17.6. The van der Waals surface area contributed by atoms with Gasteiger partial charge in [0.1, 0.15) is 0 Å². The number of hydrogen-bond donors (Lipinski definition) is 0. The van der Waals surface area contributed by atoms with Crippen LogP contribution < -0.4 is 4.90 Å². The predicted octanol–water partition coefficient (Wildman–Crippen LogP) is 15.2. The molecule has 5 heterocycles. The fourth-order valence-corrected chi connectivity index (χ4v) is 12.0. The Morgan fingerprint density at radius 1 is 0.359 bits per heavy atom. The van der Waals surface area contributed by atoms with Crippen LogP contribution in [0.1, 0.15) is 17.0 Å². The van der Waals surface area contributed by atoms with Crippen LogP contribution in [0.3, 0.4) is 0 Å². The van der Waals surface area contributed by atoms with Crippen LogP contribution in [-0.4, -0.2) is 19.7 Å². The quantitative estimate of drug-likeness (QED) is 0.173. The zero-order chi connectivity index (χ0) is 41.6. The van der Waals surface area contributed by atoms with E-state index in [2.05, 4.69) is 237 Å². The molecule has 64 heavy (non-hydrogen) atoms. The van der Waals surface area contributed by atoms with E-state index in [1.807, 2.05) is 0 Å². The highest BCUT2D eigenvalue weighted by Gasteiger charge is 2.48. The first kappa shape index (κ1) is 34.3. The average molecular weight is 815 g/mol. The Kier molecular flexibility index (Phi) is 6.76. The van der Waals surface area contributed by atoms with Gasteiger partial charge in [0.2, 0.25) is 0 Å². The van der Waals surface area contributed by atoms with Crippen molar-refractivity contribution in [1.29, 1.82) is 0 Å². The van der Waals surface area contributed by atoms with Crippen molar-refractivity contribution in [3.63, 3.8) is 0 Å². The van der Waals surface area contributed by atoms with Crippen molar-refractivity contribution >= 4 is 88.1 Å². The smallest absolute Gasteiger partial charge is 0.0857 e. The Labute approximate surface area is 369 Å². The fraction of sp³-hybridized carbons (Fsp3) is 0.0333. The third-order valence-corrected chi connectivity index (χ3v) is 14.5. The predicted molar refractivity (Wildman–Crippen MR) is 267 cm³/mol.